The van der Waals surface area contributed by atoms with Gasteiger partial charge in [-0.05, 0) is 33.4 Å². The van der Waals surface area contributed by atoms with Crippen LogP contribution in [0.25, 0.3) is 0 Å². The van der Waals surface area contributed by atoms with Crippen molar-refractivity contribution in [3.63, 3.8) is 0 Å². The van der Waals surface area contributed by atoms with Gasteiger partial charge in [0, 0.05) is 43.4 Å². The summed E-state index contributed by atoms with van der Waals surface area (Å²) >= 11 is 1.75. The van der Waals surface area contributed by atoms with Crippen LogP contribution in [0.5, 0.6) is 0 Å². The summed E-state index contributed by atoms with van der Waals surface area (Å²) in [5.74, 6) is 0.825. The first-order valence-electron chi connectivity index (χ1n) is 8.23. The second kappa shape index (κ2) is 8.61. The van der Waals surface area contributed by atoms with E-state index in [0.29, 0.717) is 6.54 Å². The second-order valence-electron chi connectivity index (χ2n) is 6.08. The van der Waals surface area contributed by atoms with E-state index in [9.17, 15) is 0 Å². The molecule has 0 atom stereocenters. The third kappa shape index (κ3) is 4.89. The lowest BCUT2D eigenvalue weighted by molar-refractivity contribution is -0.00501. The Kier molecular flexibility index (Phi) is 6.80. The van der Waals surface area contributed by atoms with Crippen LogP contribution < -0.4 is 10.6 Å². The van der Waals surface area contributed by atoms with Crippen LogP contribution in [-0.4, -0.2) is 62.3 Å². The van der Waals surface area contributed by atoms with E-state index in [1.54, 1.807) is 18.4 Å². The maximum atomic E-state index is 5.52. The normalized spacial score (nSPS) is 18.2. The van der Waals surface area contributed by atoms with Crippen molar-refractivity contribution in [1.82, 2.24) is 20.5 Å². The first-order valence-corrected chi connectivity index (χ1v) is 9.04. The minimum atomic E-state index is 0.131. The summed E-state index contributed by atoms with van der Waals surface area (Å²) in [6, 6.07) is 0. The van der Waals surface area contributed by atoms with E-state index in [2.05, 4.69) is 46.5 Å². The van der Waals surface area contributed by atoms with Crippen LogP contribution >= 0.6 is 11.3 Å². The first-order chi connectivity index (χ1) is 11.1. The molecule has 0 aromatic carbocycles. The minimum absolute atomic E-state index is 0.131. The molecule has 0 aliphatic carbocycles. The van der Waals surface area contributed by atoms with Crippen molar-refractivity contribution in [1.29, 1.82) is 0 Å². The molecule has 0 saturated carbocycles. The number of aliphatic imine (C=N–C) groups is 1. The first kappa shape index (κ1) is 18.2. The van der Waals surface area contributed by atoms with E-state index in [1.165, 1.54) is 4.88 Å². The number of hydrogen-bond donors (Lipinski definition) is 2. The van der Waals surface area contributed by atoms with Crippen LogP contribution in [0.2, 0.25) is 0 Å². The zero-order valence-electron chi connectivity index (χ0n) is 14.7. The Balaban J connectivity index is 1.86. The molecule has 1 aromatic heterocycles. The molecular weight excluding hydrogens is 310 g/mol. The molecule has 0 unspecified atom stereocenters. The molecular formula is C16H29N5OS. The molecule has 1 saturated heterocycles. The summed E-state index contributed by atoms with van der Waals surface area (Å²) in [7, 11) is 6.09. The van der Waals surface area contributed by atoms with Gasteiger partial charge in [0.1, 0.15) is 5.01 Å². The Morgan fingerprint density at radius 3 is 2.70 bits per heavy atom. The predicted molar refractivity (Wildman–Crippen MR) is 96.2 cm³/mol. The number of aromatic nitrogens is 1. The number of hydrogen-bond acceptors (Lipinski definition) is 5. The number of nitrogens with one attached hydrogen (secondary N) is 2. The number of guanidine groups is 1. The van der Waals surface area contributed by atoms with Crippen molar-refractivity contribution in [2.75, 3.05) is 40.9 Å². The SMILES string of the molecule is CCc1cnc(CNC(=NC)NCC2(N(C)C)CCOCC2)s1. The number of rotatable bonds is 6. The van der Waals surface area contributed by atoms with Gasteiger partial charge in [0.2, 0.25) is 0 Å². The smallest absolute Gasteiger partial charge is 0.191 e. The molecule has 1 aromatic rings. The predicted octanol–water partition coefficient (Wildman–Crippen LogP) is 1.48. The maximum Gasteiger partial charge on any atom is 0.191 e. The molecule has 0 bridgehead atoms. The van der Waals surface area contributed by atoms with Crippen molar-refractivity contribution in [2.45, 2.75) is 38.3 Å². The van der Waals surface area contributed by atoms with Gasteiger partial charge in [0.25, 0.3) is 0 Å². The third-order valence-corrected chi connectivity index (χ3v) is 5.68. The van der Waals surface area contributed by atoms with Crippen molar-refractivity contribution >= 4 is 17.3 Å². The van der Waals surface area contributed by atoms with Crippen LogP contribution in [0.4, 0.5) is 0 Å². The molecule has 2 heterocycles. The molecule has 1 fully saturated rings. The van der Waals surface area contributed by atoms with Gasteiger partial charge in [-0.2, -0.15) is 0 Å². The highest BCUT2D eigenvalue weighted by molar-refractivity contribution is 7.11. The summed E-state index contributed by atoms with van der Waals surface area (Å²) < 4.78 is 5.52. The Morgan fingerprint density at radius 2 is 2.13 bits per heavy atom. The lowest BCUT2D eigenvalue weighted by Gasteiger charge is -2.43. The number of thiazole rings is 1. The molecule has 2 N–H and O–H groups in total. The lowest BCUT2D eigenvalue weighted by atomic mass is 9.88. The van der Waals surface area contributed by atoms with Crippen LogP contribution in [0.15, 0.2) is 11.2 Å². The van der Waals surface area contributed by atoms with Crippen LogP contribution in [0.3, 0.4) is 0 Å². The average molecular weight is 340 g/mol. The van der Waals surface area contributed by atoms with Gasteiger partial charge in [-0.1, -0.05) is 6.92 Å². The van der Waals surface area contributed by atoms with E-state index in [1.807, 2.05) is 6.20 Å². The van der Waals surface area contributed by atoms with E-state index in [4.69, 9.17) is 4.74 Å². The molecule has 0 amide bonds. The van der Waals surface area contributed by atoms with Gasteiger partial charge in [-0.15, -0.1) is 11.3 Å². The van der Waals surface area contributed by atoms with Crippen LogP contribution in [0, 0.1) is 0 Å². The zero-order valence-corrected chi connectivity index (χ0v) is 15.5. The molecule has 2 rings (SSSR count). The summed E-state index contributed by atoms with van der Waals surface area (Å²) in [6.45, 7) is 5.37. The second-order valence-corrected chi connectivity index (χ2v) is 7.28. The topological polar surface area (TPSA) is 61.8 Å². The van der Waals surface area contributed by atoms with Crippen LogP contribution in [0.1, 0.15) is 29.7 Å². The summed E-state index contributed by atoms with van der Waals surface area (Å²) in [5, 5.41) is 7.92. The Morgan fingerprint density at radius 1 is 1.39 bits per heavy atom. The number of nitrogens with zero attached hydrogens (tertiary/aromatic N) is 3. The molecule has 23 heavy (non-hydrogen) atoms. The fourth-order valence-corrected chi connectivity index (χ4v) is 3.56. The van der Waals surface area contributed by atoms with E-state index < -0.39 is 0 Å². The van der Waals surface area contributed by atoms with Crippen molar-refractivity contribution in [3.8, 4) is 0 Å². The minimum Gasteiger partial charge on any atom is -0.381 e. The quantitative estimate of drug-likeness (QED) is 0.607. The monoisotopic (exact) mass is 339 g/mol. The van der Waals surface area contributed by atoms with Crippen molar-refractivity contribution in [3.05, 3.63) is 16.1 Å². The van der Waals surface area contributed by atoms with E-state index >= 15 is 0 Å². The van der Waals surface area contributed by atoms with Crippen molar-refractivity contribution < 1.29 is 4.74 Å². The number of aryl methyl sites for hydroxylation is 1. The fraction of sp³-hybridized carbons (Fsp3) is 0.750. The van der Waals surface area contributed by atoms with Gasteiger partial charge in [-0.25, -0.2) is 4.98 Å². The standard InChI is InChI=1S/C16H29N5OS/c1-5-13-10-18-14(23-13)11-19-15(17-2)20-12-16(21(3)4)6-8-22-9-7-16/h10H,5-9,11-12H2,1-4H3,(H2,17,19,20). The van der Waals surface area contributed by atoms with Gasteiger partial charge in [0.05, 0.1) is 6.54 Å². The maximum absolute atomic E-state index is 5.52. The highest BCUT2D eigenvalue weighted by Gasteiger charge is 2.34. The molecule has 6 nitrogen and oxygen atoms in total. The van der Waals surface area contributed by atoms with E-state index in [-0.39, 0.29) is 5.54 Å². The van der Waals surface area contributed by atoms with Gasteiger partial charge >= 0.3 is 0 Å². The summed E-state index contributed by atoms with van der Waals surface area (Å²) in [5.41, 5.74) is 0.131. The molecule has 1 aliphatic rings. The highest BCUT2D eigenvalue weighted by atomic mass is 32.1. The Hall–Kier alpha value is -1.18. The summed E-state index contributed by atoms with van der Waals surface area (Å²) in [4.78, 5) is 12.4. The molecule has 0 radical (unpaired) electrons. The zero-order chi connectivity index (χ0) is 16.7. The highest BCUT2D eigenvalue weighted by Crippen LogP contribution is 2.25. The van der Waals surface area contributed by atoms with Gasteiger partial charge in [0.15, 0.2) is 5.96 Å². The molecule has 0 spiro atoms. The Labute approximate surface area is 143 Å². The molecule has 1 aliphatic heterocycles. The average Bonchev–Trinajstić information content (AvgIpc) is 3.04. The van der Waals surface area contributed by atoms with Crippen molar-refractivity contribution in [2.24, 2.45) is 4.99 Å². The summed E-state index contributed by atoms with van der Waals surface area (Å²) in [6.07, 6.45) is 5.08. The molecule has 7 heteroatoms. The number of ether oxygens (including phenoxy) is 1. The fourth-order valence-electron chi connectivity index (χ4n) is 2.75. The van der Waals surface area contributed by atoms with Gasteiger partial charge in [-0.3, -0.25) is 4.99 Å². The van der Waals surface area contributed by atoms with Crippen LogP contribution in [-0.2, 0) is 17.7 Å². The largest absolute Gasteiger partial charge is 0.381 e. The lowest BCUT2D eigenvalue weighted by Crippen LogP contribution is -2.57. The Bertz CT molecular complexity index is 508. The third-order valence-electron chi connectivity index (χ3n) is 4.54. The van der Waals surface area contributed by atoms with E-state index in [0.717, 1.165) is 50.0 Å². The number of likely N-dealkylation sites (N-methyl/N-ethyl adjacent to an activating group) is 1. The molecule has 130 valence electrons. The van der Waals surface area contributed by atoms with Gasteiger partial charge < -0.3 is 20.3 Å².